The molecular weight excluding hydrogens is 432 g/mol. The Balaban J connectivity index is 1.83. The molecule has 3 unspecified atom stereocenters. The van der Waals surface area contributed by atoms with Crippen LogP contribution in [0.1, 0.15) is 6.42 Å². The van der Waals surface area contributed by atoms with Gasteiger partial charge in [0.15, 0.2) is 5.78 Å². The van der Waals surface area contributed by atoms with E-state index in [0.29, 0.717) is 10.1 Å². The zero-order valence-corrected chi connectivity index (χ0v) is 15.7. The summed E-state index contributed by atoms with van der Waals surface area (Å²) in [5, 5.41) is 0. The third-order valence-corrected chi connectivity index (χ3v) is 7.02. The predicted molar refractivity (Wildman–Crippen MR) is 99.5 cm³/mol. The Bertz CT molecular complexity index is 950. The quantitative estimate of drug-likeness (QED) is 0.512. The van der Waals surface area contributed by atoms with Gasteiger partial charge in [0.2, 0.25) is 5.78 Å². The smallest absolute Gasteiger partial charge is 0.204 e. The van der Waals surface area contributed by atoms with Crippen LogP contribution in [0.25, 0.3) is 0 Å². The maximum atomic E-state index is 13.1. The van der Waals surface area contributed by atoms with Gasteiger partial charge in [0.05, 0.1) is 10.1 Å². The average molecular weight is 444 g/mol. The monoisotopic (exact) mass is 442 g/mol. The summed E-state index contributed by atoms with van der Waals surface area (Å²) in [5.74, 6) is 0.000455. The van der Waals surface area contributed by atoms with Crippen molar-refractivity contribution < 1.29 is 9.59 Å². The van der Waals surface area contributed by atoms with Crippen molar-refractivity contribution in [3.05, 3.63) is 79.4 Å². The van der Waals surface area contributed by atoms with Crippen LogP contribution in [-0.2, 0) is 9.59 Å². The topological polar surface area (TPSA) is 34.1 Å². The molecule has 0 aromatic rings. The predicted octanol–water partition coefficient (Wildman–Crippen LogP) is 4.62. The molecule has 0 bridgehead atoms. The molecule has 0 saturated carbocycles. The van der Waals surface area contributed by atoms with Gasteiger partial charge in [0.1, 0.15) is 0 Å². The lowest BCUT2D eigenvalue weighted by Crippen LogP contribution is -2.41. The molecule has 5 aliphatic carbocycles. The fourth-order valence-electron chi connectivity index (χ4n) is 4.52. The van der Waals surface area contributed by atoms with E-state index in [1.807, 2.05) is 18.2 Å². The van der Waals surface area contributed by atoms with Gasteiger partial charge in [-0.3, -0.25) is 9.59 Å². The molecule has 5 rings (SSSR count). The molecule has 2 nitrogen and oxygen atoms in total. The Labute approximate surface area is 156 Å². The molecule has 0 saturated heterocycles. The molecule has 0 fully saturated rings. The van der Waals surface area contributed by atoms with E-state index in [4.69, 9.17) is 0 Å². The largest absolute Gasteiger partial charge is 0.289 e. The van der Waals surface area contributed by atoms with Crippen molar-refractivity contribution in [3.63, 3.8) is 0 Å². The van der Waals surface area contributed by atoms with E-state index in [1.54, 1.807) is 0 Å². The minimum absolute atomic E-state index is 0.00199. The SMILES string of the molecule is O=C1C2=CC=CCC2C2C=CC3=CC=C(Br)C4=C(Br)C(=O)C1=C2C34. The summed E-state index contributed by atoms with van der Waals surface area (Å²) < 4.78 is 1.42. The molecule has 24 heavy (non-hydrogen) atoms. The third-order valence-electron chi connectivity index (χ3n) is 5.54. The van der Waals surface area contributed by atoms with Crippen LogP contribution in [0.2, 0.25) is 0 Å². The molecule has 0 aromatic heterocycles. The van der Waals surface area contributed by atoms with Crippen LogP contribution in [0.3, 0.4) is 0 Å². The van der Waals surface area contributed by atoms with Gasteiger partial charge in [-0.1, -0.05) is 52.4 Å². The van der Waals surface area contributed by atoms with Crippen LogP contribution in [0.15, 0.2) is 79.4 Å². The van der Waals surface area contributed by atoms with E-state index in [-0.39, 0.29) is 29.3 Å². The molecule has 3 atom stereocenters. The number of hydrogen-bond acceptors (Lipinski definition) is 2. The van der Waals surface area contributed by atoms with Crippen molar-refractivity contribution in [1.29, 1.82) is 0 Å². The highest BCUT2D eigenvalue weighted by molar-refractivity contribution is 9.12. The van der Waals surface area contributed by atoms with Crippen LogP contribution < -0.4 is 0 Å². The normalized spacial score (nSPS) is 33.1. The number of carbonyl (C=O) groups excluding carboxylic acids is 2. The zero-order valence-electron chi connectivity index (χ0n) is 12.6. The average Bonchev–Trinajstić information content (AvgIpc) is 2.60. The van der Waals surface area contributed by atoms with Crippen LogP contribution in [0.5, 0.6) is 0 Å². The van der Waals surface area contributed by atoms with E-state index in [1.165, 1.54) is 0 Å². The summed E-state index contributed by atoms with van der Waals surface area (Å²) in [5.41, 5.74) is 4.27. The Kier molecular flexibility index (Phi) is 3.08. The highest BCUT2D eigenvalue weighted by Crippen LogP contribution is 2.56. The second-order valence-corrected chi connectivity index (χ2v) is 8.26. The number of carbonyl (C=O) groups is 2. The van der Waals surface area contributed by atoms with Gasteiger partial charge >= 0.3 is 0 Å². The fraction of sp³-hybridized carbons (Fsp3) is 0.200. The van der Waals surface area contributed by atoms with Gasteiger partial charge in [0.25, 0.3) is 0 Å². The lowest BCUT2D eigenvalue weighted by Gasteiger charge is -2.45. The molecule has 0 N–H and O–H groups in total. The van der Waals surface area contributed by atoms with Gasteiger partial charge in [-0.25, -0.2) is 0 Å². The first-order valence-corrected chi connectivity index (χ1v) is 9.54. The van der Waals surface area contributed by atoms with Crippen molar-refractivity contribution in [2.45, 2.75) is 6.42 Å². The number of allylic oxidation sites excluding steroid dienone is 14. The molecule has 0 spiro atoms. The van der Waals surface area contributed by atoms with Crippen LogP contribution in [0, 0.1) is 17.8 Å². The first-order valence-electron chi connectivity index (χ1n) is 7.95. The van der Waals surface area contributed by atoms with Gasteiger partial charge in [-0.2, -0.15) is 0 Å². The van der Waals surface area contributed by atoms with Crippen molar-refractivity contribution in [2.24, 2.45) is 17.8 Å². The standard InChI is InChI=1S/C20H12Br2O2/c21-13-8-6-9-5-7-11-10-3-1-2-4-12(10)19(23)17-15(11)14(9)16(13)18(22)20(17)24/h1-2,4-8,10-11,14H,3H2. The number of Topliss-reactive ketones (excluding diaryl/α,β-unsaturated/α-hetero) is 2. The molecule has 0 aliphatic heterocycles. The summed E-state index contributed by atoms with van der Waals surface area (Å²) in [6.45, 7) is 0. The Morgan fingerprint density at radius 2 is 1.88 bits per heavy atom. The molecule has 118 valence electrons. The highest BCUT2D eigenvalue weighted by Gasteiger charge is 2.50. The minimum atomic E-state index is -0.179. The van der Waals surface area contributed by atoms with E-state index in [9.17, 15) is 9.59 Å². The van der Waals surface area contributed by atoms with E-state index < -0.39 is 0 Å². The molecular formula is C20H12Br2O2. The lowest BCUT2D eigenvalue weighted by molar-refractivity contribution is -0.118. The molecule has 0 heterocycles. The highest BCUT2D eigenvalue weighted by atomic mass is 79.9. The third kappa shape index (κ3) is 1.71. The van der Waals surface area contributed by atoms with Gasteiger partial charge in [0, 0.05) is 27.8 Å². The fourth-order valence-corrected chi connectivity index (χ4v) is 5.99. The van der Waals surface area contributed by atoms with Crippen LogP contribution >= 0.6 is 31.9 Å². The molecule has 5 aliphatic rings. The van der Waals surface area contributed by atoms with Crippen molar-refractivity contribution in [1.82, 2.24) is 0 Å². The van der Waals surface area contributed by atoms with Crippen LogP contribution in [0.4, 0.5) is 0 Å². The van der Waals surface area contributed by atoms with E-state index >= 15 is 0 Å². The molecule has 0 amide bonds. The first kappa shape index (κ1) is 14.8. The molecule has 4 heteroatoms. The van der Waals surface area contributed by atoms with Gasteiger partial charge < -0.3 is 0 Å². The zero-order chi connectivity index (χ0) is 16.6. The summed E-state index contributed by atoms with van der Waals surface area (Å²) >= 11 is 7.07. The Morgan fingerprint density at radius 3 is 2.71 bits per heavy atom. The van der Waals surface area contributed by atoms with E-state index in [0.717, 1.165) is 33.2 Å². The first-order chi connectivity index (χ1) is 11.6. The maximum absolute atomic E-state index is 13.1. The Hall–Kier alpha value is -1.52. The van der Waals surface area contributed by atoms with Crippen molar-refractivity contribution in [3.8, 4) is 0 Å². The summed E-state index contributed by atoms with van der Waals surface area (Å²) in [6.07, 6.45) is 15.2. The number of ketones is 2. The number of halogens is 2. The number of fused-ring (bicyclic) bond motifs is 2. The Morgan fingerprint density at radius 1 is 1.04 bits per heavy atom. The summed E-state index contributed by atoms with van der Waals surface area (Å²) in [7, 11) is 0. The van der Waals surface area contributed by atoms with Crippen molar-refractivity contribution in [2.75, 3.05) is 0 Å². The van der Waals surface area contributed by atoms with Crippen LogP contribution in [-0.4, -0.2) is 11.6 Å². The van der Waals surface area contributed by atoms with Gasteiger partial charge in [-0.05, 0) is 45.1 Å². The summed E-state index contributed by atoms with van der Waals surface area (Å²) in [6, 6.07) is 0. The molecule has 0 radical (unpaired) electrons. The second kappa shape index (κ2) is 4.99. The number of rotatable bonds is 0. The summed E-state index contributed by atoms with van der Waals surface area (Å²) in [4.78, 5) is 26.1. The van der Waals surface area contributed by atoms with E-state index in [2.05, 4.69) is 56.2 Å². The maximum Gasteiger partial charge on any atom is 0.204 e. The van der Waals surface area contributed by atoms with Crippen molar-refractivity contribution >= 4 is 43.4 Å². The van der Waals surface area contributed by atoms with Gasteiger partial charge in [-0.15, -0.1) is 0 Å². The minimum Gasteiger partial charge on any atom is -0.289 e. The molecule has 0 aromatic carbocycles. The number of hydrogen-bond donors (Lipinski definition) is 0. The lowest BCUT2D eigenvalue weighted by atomic mass is 9.58. The second-order valence-electron chi connectivity index (χ2n) is 6.61.